The van der Waals surface area contributed by atoms with Gasteiger partial charge in [0, 0.05) is 18.3 Å². The van der Waals surface area contributed by atoms with Crippen molar-refractivity contribution in [2.75, 3.05) is 13.2 Å². The van der Waals surface area contributed by atoms with Gasteiger partial charge in [-0.3, -0.25) is 0 Å². The molecule has 25 heavy (non-hydrogen) atoms. The summed E-state index contributed by atoms with van der Waals surface area (Å²) in [6, 6.07) is 10.6. The van der Waals surface area contributed by atoms with Gasteiger partial charge in [0.05, 0.1) is 17.5 Å². The van der Waals surface area contributed by atoms with Crippen LogP contribution >= 0.6 is 0 Å². The van der Waals surface area contributed by atoms with Crippen molar-refractivity contribution >= 4 is 10.0 Å². The number of hydrogen-bond donors (Lipinski definition) is 0. The number of benzene rings is 1. The van der Waals surface area contributed by atoms with E-state index in [-0.39, 0.29) is 6.04 Å². The minimum Gasteiger partial charge on any atom is -0.478 e. The summed E-state index contributed by atoms with van der Waals surface area (Å²) < 4.78 is 33.7. The lowest BCUT2D eigenvalue weighted by Gasteiger charge is -2.35. The maximum Gasteiger partial charge on any atom is 0.243 e. The van der Waals surface area contributed by atoms with Crippen molar-refractivity contribution in [3.63, 3.8) is 0 Å². The predicted octanol–water partition coefficient (Wildman–Crippen LogP) is 3.70. The number of pyridine rings is 1. The second-order valence-corrected chi connectivity index (χ2v) is 8.16. The van der Waals surface area contributed by atoms with Gasteiger partial charge in [0.15, 0.2) is 0 Å². The molecule has 0 spiro atoms. The topological polar surface area (TPSA) is 59.5 Å². The number of aromatic nitrogens is 1. The zero-order valence-corrected chi connectivity index (χ0v) is 15.5. The molecule has 6 heteroatoms. The van der Waals surface area contributed by atoms with E-state index in [1.165, 1.54) is 0 Å². The summed E-state index contributed by atoms with van der Waals surface area (Å²) in [5.41, 5.74) is 1.89. The van der Waals surface area contributed by atoms with Gasteiger partial charge in [0.25, 0.3) is 0 Å². The number of nitrogens with zero attached hydrogens (tertiary/aromatic N) is 2. The lowest BCUT2D eigenvalue weighted by atomic mass is 9.98. The third-order valence-corrected chi connectivity index (χ3v) is 6.44. The van der Waals surface area contributed by atoms with Crippen molar-refractivity contribution in [2.45, 2.75) is 44.0 Å². The molecule has 0 N–H and O–H groups in total. The second kappa shape index (κ2) is 7.54. The Morgan fingerprint density at radius 1 is 1.20 bits per heavy atom. The van der Waals surface area contributed by atoms with E-state index < -0.39 is 10.0 Å². The fraction of sp³-hybridized carbons (Fsp3) is 0.421. The fourth-order valence-electron chi connectivity index (χ4n) is 3.26. The molecule has 1 atom stereocenters. The quantitative estimate of drug-likeness (QED) is 0.816. The molecule has 2 aromatic rings. The Labute approximate surface area is 149 Å². The van der Waals surface area contributed by atoms with Crippen LogP contribution in [-0.4, -0.2) is 30.9 Å². The Morgan fingerprint density at radius 3 is 2.68 bits per heavy atom. The van der Waals surface area contributed by atoms with Gasteiger partial charge in [0.1, 0.15) is 0 Å². The van der Waals surface area contributed by atoms with Gasteiger partial charge in [-0.05, 0) is 44.9 Å². The molecule has 0 amide bonds. The summed E-state index contributed by atoms with van der Waals surface area (Å²) in [6.45, 7) is 4.87. The Bertz CT molecular complexity index is 819. The van der Waals surface area contributed by atoms with Gasteiger partial charge in [-0.15, -0.1) is 0 Å². The van der Waals surface area contributed by atoms with Crippen LogP contribution < -0.4 is 4.74 Å². The molecule has 0 radical (unpaired) electrons. The highest BCUT2D eigenvalue weighted by Gasteiger charge is 2.36. The van der Waals surface area contributed by atoms with Crippen LogP contribution in [0.1, 0.15) is 43.4 Å². The Kier molecular flexibility index (Phi) is 5.39. The summed E-state index contributed by atoms with van der Waals surface area (Å²) in [5.74, 6) is 0.529. The Morgan fingerprint density at radius 2 is 1.96 bits per heavy atom. The lowest BCUT2D eigenvalue weighted by molar-refractivity contribution is 0.243. The van der Waals surface area contributed by atoms with E-state index in [4.69, 9.17) is 4.74 Å². The molecular formula is C19H24N2O3S. The van der Waals surface area contributed by atoms with Crippen LogP contribution in [0, 0.1) is 6.92 Å². The summed E-state index contributed by atoms with van der Waals surface area (Å²) in [4.78, 5) is 4.64. The third kappa shape index (κ3) is 3.70. The molecule has 1 saturated heterocycles. The standard InChI is InChI=1S/C19H24N2O3S/c1-3-24-19-17(7-6-13-20-19)18-8-4-5-14-21(18)25(22,23)16-11-9-15(2)10-12-16/h6-7,9-13,18H,3-5,8,14H2,1-2H3/t18-/m0/s1. The van der Waals surface area contributed by atoms with Crippen molar-refractivity contribution in [3.8, 4) is 5.88 Å². The Balaban J connectivity index is 2.00. The van der Waals surface area contributed by atoms with E-state index in [1.807, 2.05) is 38.1 Å². The number of ether oxygens (including phenoxy) is 1. The monoisotopic (exact) mass is 360 g/mol. The first-order valence-corrected chi connectivity index (χ1v) is 10.1. The van der Waals surface area contributed by atoms with E-state index in [0.29, 0.717) is 23.9 Å². The molecule has 0 unspecified atom stereocenters. The SMILES string of the molecule is CCOc1ncccc1[C@@H]1CCCCN1S(=O)(=O)c1ccc(C)cc1. The van der Waals surface area contributed by atoms with Crippen molar-refractivity contribution in [2.24, 2.45) is 0 Å². The number of hydrogen-bond acceptors (Lipinski definition) is 4. The molecule has 1 aliphatic heterocycles. The largest absolute Gasteiger partial charge is 0.478 e. The van der Waals surface area contributed by atoms with Gasteiger partial charge in [-0.1, -0.05) is 30.2 Å². The summed E-state index contributed by atoms with van der Waals surface area (Å²) in [5, 5.41) is 0. The van der Waals surface area contributed by atoms with Gasteiger partial charge in [-0.2, -0.15) is 4.31 Å². The van der Waals surface area contributed by atoms with Crippen LogP contribution in [0.4, 0.5) is 0 Å². The van der Waals surface area contributed by atoms with Gasteiger partial charge >= 0.3 is 0 Å². The summed E-state index contributed by atoms with van der Waals surface area (Å²) in [6.07, 6.45) is 4.31. The predicted molar refractivity (Wildman–Crippen MR) is 97.1 cm³/mol. The molecule has 5 nitrogen and oxygen atoms in total. The van der Waals surface area contributed by atoms with Crippen LogP contribution in [0.2, 0.25) is 0 Å². The van der Waals surface area contributed by atoms with Gasteiger partial charge in [-0.25, -0.2) is 13.4 Å². The van der Waals surface area contributed by atoms with Crippen molar-refractivity contribution in [3.05, 3.63) is 53.7 Å². The van der Waals surface area contributed by atoms with E-state index >= 15 is 0 Å². The molecule has 2 heterocycles. The molecular weight excluding hydrogens is 336 g/mol. The molecule has 1 aromatic carbocycles. The minimum absolute atomic E-state index is 0.240. The lowest BCUT2D eigenvalue weighted by Crippen LogP contribution is -2.38. The highest BCUT2D eigenvalue weighted by Crippen LogP contribution is 2.38. The molecule has 3 rings (SSSR count). The highest BCUT2D eigenvalue weighted by atomic mass is 32.2. The molecule has 1 aliphatic rings. The van der Waals surface area contributed by atoms with Crippen molar-refractivity contribution < 1.29 is 13.2 Å². The zero-order valence-electron chi connectivity index (χ0n) is 14.7. The second-order valence-electron chi connectivity index (χ2n) is 6.27. The maximum absolute atomic E-state index is 13.2. The summed E-state index contributed by atoms with van der Waals surface area (Å²) >= 11 is 0. The van der Waals surface area contributed by atoms with Crippen LogP contribution in [0.3, 0.4) is 0 Å². The van der Waals surface area contributed by atoms with Crippen molar-refractivity contribution in [1.82, 2.24) is 9.29 Å². The fourth-order valence-corrected chi connectivity index (χ4v) is 4.94. The zero-order chi connectivity index (χ0) is 17.9. The molecule has 134 valence electrons. The molecule has 0 aliphatic carbocycles. The molecule has 1 fully saturated rings. The molecule has 1 aromatic heterocycles. The minimum atomic E-state index is -3.56. The van der Waals surface area contributed by atoms with Crippen LogP contribution in [-0.2, 0) is 10.0 Å². The average molecular weight is 360 g/mol. The highest BCUT2D eigenvalue weighted by molar-refractivity contribution is 7.89. The number of sulfonamides is 1. The smallest absolute Gasteiger partial charge is 0.243 e. The number of rotatable bonds is 5. The van der Waals surface area contributed by atoms with Crippen LogP contribution in [0.5, 0.6) is 5.88 Å². The first kappa shape index (κ1) is 17.9. The van der Waals surface area contributed by atoms with E-state index in [2.05, 4.69) is 4.98 Å². The van der Waals surface area contributed by atoms with Gasteiger partial charge < -0.3 is 4.74 Å². The third-order valence-electron chi connectivity index (χ3n) is 4.52. The number of piperidine rings is 1. The Hall–Kier alpha value is -1.92. The van der Waals surface area contributed by atoms with E-state index in [1.54, 1.807) is 22.6 Å². The van der Waals surface area contributed by atoms with E-state index in [0.717, 1.165) is 30.4 Å². The van der Waals surface area contributed by atoms with Gasteiger partial charge in [0.2, 0.25) is 15.9 Å². The maximum atomic E-state index is 13.2. The van der Waals surface area contributed by atoms with Crippen molar-refractivity contribution in [1.29, 1.82) is 0 Å². The molecule has 0 saturated carbocycles. The normalized spacial score (nSPS) is 18.9. The first-order chi connectivity index (χ1) is 12.0. The first-order valence-electron chi connectivity index (χ1n) is 8.70. The summed E-state index contributed by atoms with van der Waals surface area (Å²) in [7, 11) is -3.56. The number of aryl methyl sites for hydroxylation is 1. The van der Waals surface area contributed by atoms with E-state index in [9.17, 15) is 8.42 Å². The molecule has 0 bridgehead atoms. The van der Waals surface area contributed by atoms with Crippen LogP contribution in [0.15, 0.2) is 47.5 Å². The van der Waals surface area contributed by atoms with Crippen LogP contribution in [0.25, 0.3) is 0 Å². The average Bonchev–Trinajstić information content (AvgIpc) is 2.63.